The number of nitrogens with two attached hydrogens (primary N) is 2. The highest BCUT2D eigenvalue weighted by atomic mass is 16.3. The van der Waals surface area contributed by atoms with E-state index >= 15 is 0 Å². The fraction of sp³-hybridized carbons (Fsp3) is 0. The van der Waals surface area contributed by atoms with Crippen LogP contribution in [-0.2, 0) is 0 Å². The molecule has 41 heavy (non-hydrogen) atoms. The molecule has 0 aliphatic carbocycles. The van der Waals surface area contributed by atoms with Gasteiger partial charge in [-0.3, -0.25) is 0 Å². The van der Waals surface area contributed by atoms with E-state index in [0.717, 1.165) is 82.5 Å². The zero-order valence-electron chi connectivity index (χ0n) is 21.9. The molecule has 4 N–H and O–H groups in total. The van der Waals surface area contributed by atoms with Crippen molar-refractivity contribution in [3.05, 3.63) is 115 Å². The molecule has 194 valence electrons. The summed E-state index contributed by atoms with van der Waals surface area (Å²) in [6, 6.07) is 39.2. The van der Waals surface area contributed by atoms with Crippen LogP contribution in [0.1, 0.15) is 0 Å². The third-order valence-corrected chi connectivity index (χ3v) is 8.28. The molecule has 0 radical (unpaired) electrons. The average Bonchev–Trinajstić information content (AvgIpc) is 3.66. The highest BCUT2D eigenvalue weighted by molar-refractivity contribution is 6.22. The average molecular weight is 530 g/mol. The van der Waals surface area contributed by atoms with Crippen LogP contribution in [0.4, 0.5) is 11.4 Å². The number of rotatable bonds is 2. The van der Waals surface area contributed by atoms with Crippen molar-refractivity contribution in [3.63, 3.8) is 0 Å². The smallest absolute Gasteiger partial charge is 0.160 e. The van der Waals surface area contributed by atoms with E-state index in [4.69, 9.17) is 20.3 Å². The molecular weight excluding hydrogens is 506 g/mol. The molecule has 0 spiro atoms. The number of benzene rings is 6. The first-order valence-electron chi connectivity index (χ1n) is 13.6. The van der Waals surface area contributed by atoms with Crippen LogP contribution >= 0.6 is 0 Å². The Morgan fingerprint density at radius 2 is 1.24 bits per heavy atom. The predicted octanol–water partition coefficient (Wildman–Crippen LogP) is 9.41. The van der Waals surface area contributed by atoms with Gasteiger partial charge in [0.2, 0.25) is 0 Å². The van der Waals surface area contributed by atoms with Gasteiger partial charge in [0.15, 0.2) is 5.58 Å². The lowest BCUT2D eigenvalue weighted by atomic mass is 9.99. The molecule has 6 aromatic carbocycles. The lowest BCUT2D eigenvalue weighted by Gasteiger charge is -2.16. The van der Waals surface area contributed by atoms with E-state index in [1.807, 2.05) is 48.5 Å². The van der Waals surface area contributed by atoms with Crippen LogP contribution in [0.15, 0.2) is 124 Å². The number of nitrogens with zero attached hydrogens (tertiary/aromatic N) is 1. The van der Waals surface area contributed by atoms with Crippen molar-refractivity contribution in [1.29, 1.82) is 0 Å². The first-order chi connectivity index (χ1) is 20.2. The van der Waals surface area contributed by atoms with Gasteiger partial charge in [0.05, 0.1) is 16.7 Å². The van der Waals surface area contributed by atoms with Crippen molar-refractivity contribution in [1.82, 2.24) is 4.57 Å². The Morgan fingerprint density at radius 1 is 0.512 bits per heavy atom. The summed E-state index contributed by atoms with van der Waals surface area (Å²) >= 11 is 0. The van der Waals surface area contributed by atoms with E-state index < -0.39 is 0 Å². The number of fused-ring (bicyclic) bond motifs is 10. The monoisotopic (exact) mass is 529 g/mol. The molecule has 0 aliphatic heterocycles. The van der Waals surface area contributed by atoms with Crippen molar-refractivity contribution >= 4 is 77.1 Å². The summed E-state index contributed by atoms with van der Waals surface area (Å²) in [6.45, 7) is 0. The number of furan rings is 2. The molecule has 0 bridgehead atoms. The summed E-state index contributed by atoms with van der Waals surface area (Å²) in [5, 5.41) is 6.47. The number of hydrogen-bond acceptors (Lipinski definition) is 4. The summed E-state index contributed by atoms with van der Waals surface area (Å²) in [5.41, 5.74) is 22.7. The second-order valence-corrected chi connectivity index (χ2v) is 10.6. The van der Waals surface area contributed by atoms with E-state index in [2.05, 4.69) is 71.3 Å². The molecule has 0 amide bonds. The second kappa shape index (κ2) is 7.93. The molecule has 0 saturated carbocycles. The minimum absolute atomic E-state index is 0.692. The van der Waals surface area contributed by atoms with Crippen LogP contribution < -0.4 is 11.5 Å². The van der Waals surface area contributed by atoms with Gasteiger partial charge in [-0.05, 0) is 66.2 Å². The molecule has 0 unspecified atom stereocenters. The summed E-state index contributed by atoms with van der Waals surface area (Å²) in [7, 11) is 0. The molecule has 5 nitrogen and oxygen atoms in total. The van der Waals surface area contributed by atoms with Crippen molar-refractivity contribution in [3.8, 4) is 16.8 Å². The SMILES string of the molecule is Nc1ccc2oc3ccc(-c4c(N)cccc4-n4c5ccccc5c5ccc6c7ccccc7oc6c54)cc3c2c1. The van der Waals surface area contributed by atoms with Gasteiger partial charge in [0.1, 0.15) is 16.7 Å². The Morgan fingerprint density at radius 3 is 2.15 bits per heavy atom. The van der Waals surface area contributed by atoms with E-state index in [9.17, 15) is 0 Å². The molecule has 0 atom stereocenters. The zero-order chi connectivity index (χ0) is 27.2. The first-order valence-corrected chi connectivity index (χ1v) is 13.6. The molecular formula is C36H23N3O2. The van der Waals surface area contributed by atoms with E-state index in [-0.39, 0.29) is 0 Å². The van der Waals surface area contributed by atoms with Gasteiger partial charge < -0.3 is 24.9 Å². The number of aromatic nitrogens is 1. The van der Waals surface area contributed by atoms with Gasteiger partial charge in [-0.1, -0.05) is 54.6 Å². The van der Waals surface area contributed by atoms with Crippen LogP contribution in [-0.4, -0.2) is 4.57 Å². The maximum absolute atomic E-state index is 6.80. The Kier molecular flexibility index (Phi) is 4.29. The van der Waals surface area contributed by atoms with Gasteiger partial charge in [0.25, 0.3) is 0 Å². The van der Waals surface area contributed by atoms with Crippen LogP contribution in [0.3, 0.4) is 0 Å². The molecule has 0 fully saturated rings. The minimum atomic E-state index is 0.692. The number of anilines is 2. The van der Waals surface area contributed by atoms with Crippen molar-refractivity contribution in [2.24, 2.45) is 0 Å². The van der Waals surface area contributed by atoms with Gasteiger partial charge >= 0.3 is 0 Å². The van der Waals surface area contributed by atoms with Crippen LogP contribution in [0, 0.1) is 0 Å². The van der Waals surface area contributed by atoms with Crippen LogP contribution in [0.2, 0.25) is 0 Å². The molecule has 0 aliphatic rings. The second-order valence-electron chi connectivity index (χ2n) is 10.6. The van der Waals surface area contributed by atoms with Gasteiger partial charge in [-0.2, -0.15) is 0 Å². The van der Waals surface area contributed by atoms with Gasteiger partial charge in [-0.15, -0.1) is 0 Å². The lowest BCUT2D eigenvalue weighted by Crippen LogP contribution is -2.01. The van der Waals surface area contributed by atoms with E-state index in [1.165, 1.54) is 0 Å². The third kappa shape index (κ3) is 3.00. The Labute approximate surface area is 233 Å². The molecule has 9 aromatic rings. The fourth-order valence-electron chi connectivity index (χ4n) is 6.49. The van der Waals surface area contributed by atoms with Crippen LogP contribution in [0.5, 0.6) is 0 Å². The maximum atomic E-state index is 6.80. The Bertz CT molecular complexity index is 2510. The summed E-state index contributed by atoms with van der Waals surface area (Å²) in [4.78, 5) is 0. The molecule has 5 heteroatoms. The Hall–Kier alpha value is -5.68. The zero-order valence-corrected chi connectivity index (χ0v) is 21.9. The molecule has 3 heterocycles. The Balaban J connectivity index is 1.42. The molecule has 0 saturated heterocycles. The summed E-state index contributed by atoms with van der Waals surface area (Å²) < 4.78 is 15.0. The highest BCUT2D eigenvalue weighted by Crippen LogP contribution is 2.44. The highest BCUT2D eigenvalue weighted by Gasteiger charge is 2.22. The fourth-order valence-corrected chi connectivity index (χ4v) is 6.49. The summed E-state index contributed by atoms with van der Waals surface area (Å²) in [5.74, 6) is 0. The minimum Gasteiger partial charge on any atom is -0.456 e. The number of hydrogen-bond donors (Lipinski definition) is 2. The standard InChI is InChI=1S/C36H23N3O2/c37-21-13-17-33-27(19-21)26-18-20(12-16-32(26)40-33)34-28(38)8-5-10-30(34)39-29-9-3-1-6-22(29)24-14-15-25-23-7-2-4-11-31(23)41-36(25)35(24)39/h1-19H,37-38H2. The van der Waals surface area contributed by atoms with Gasteiger partial charge in [0, 0.05) is 49.3 Å². The molecule has 9 rings (SSSR count). The van der Waals surface area contributed by atoms with Gasteiger partial charge in [-0.25, -0.2) is 0 Å². The predicted molar refractivity (Wildman–Crippen MR) is 170 cm³/mol. The summed E-state index contributed by atoms with van der Waals surface area (Å²) in [6.07, 6.45) is 0. The first kappa shape index (κ1) is 22.2. The van der Waals surface area contributed by atoms with Crippen molar-refractivity contribution < 1.29 is 8.83 Å². The molecule has 3 aromatic heterocycles. The largest absolute Gasteiger partial charge is 0.456 e. The van der Waals surface area contributed by atoms with Crippen molar-refractivity contribution in [2.45, 2.75) is 0 Å². The number of para-hydroxylation sites is 2. The van der Waals surface area contributed by atoms with E-state index in [0.29, 0.717) is 11.4 Å². The third-order valence-electron chi connectivity index (χ3n) is 8.28. The maximum Gasteiger partial charge on any atom is 0.160 e. The van der Waals surface area contributed by atoms with E-state index in [1.54, 1.807) is 0 Å². The lowest BCUT2D eigenvalue weighted by molar-refractivity contribution is 0.669. The van der Waals surface area contributed by atoms with Crippen LogP contribution in [0.25, 0.3) is 82.5 Å². The quantitative estimate of drug-likeness (QED) is 0.219. The van der Waals surface area contributed by atoms with Crippen molar-refractivity contribution in [2.75, 3.05) is 11.5 Å². The normalized spacial score (nSPS) is 12.1. The number of nitrogen functional groups attached to an aromatic ring is 2. The topological polar surface area (TPSA) is 83.2 Å².